The van der Waals surface area contributed by atoms with Crippen LogP contribution in [-0.2, 0) is 0 Å². The maximum Gasteiger partial charge on any atom is -0.0251 e. The smallest absolute Gasteiger partial charge is 0.0251 e. The molecule has 2 aromatic carbocycles. The predicted molar refractivity (Wildman–Crippen MR) is 81.4 cm³/mol. The van der Waals surface area contributed by atoms with E-state index >= 15 is 0 Å². The second kappa shape index (κ2) is 5.50. The van der Waals surface area contributed by atoms with Crippen molar-refractivity contribution in [3.63, 3.8) is 0 Å². The lowest BCUT2D eigenvalue weighted by molar-refractivity contribution is 1.37. The molecular formula is C18H18. The summed E-state index contributed by atoms with van der Waals surface area (Å²) in [5.74, 6) is 0. The van der Waals surface area contributed by atoms with Gasteiger partial charge in [0.25, 0.3) is 0 Å². The van der Waals surface area contributed by atoms with Crippen molar-refractivity contribution in [1.82, 2.24) is 0 Å². The molecule has 0 aromatic heterocycles. The van der Waals surface area contributed by atoms with Gasteiger partial charge in [-0.2, -0.15) is 0 Å². The summed E-state index contributed by atoms with van der Waals surface area (Å²) in [4.78, 5) is 0. The molecule has 0 amide bonds. The summed E-state index contributed by atoms with van der Waals surface area (Å²) < 4.78 is 0. The maximum atomic E-state index is 3.79. The Kier molecular flexibility index (Phi) is 3.78. The number of benzene rings is 2. The van der Waals surface area contributed by atoms with Crippen molar-refractivity contribution in [3.05, 3.63) is 76.9 Å². The average molecular weight is 234 g/mol. The van der Waals surface area contributed by atoms with Crippen molar-refractivity contribution in [2.45, 2.75) is 13.8 Å². The lowest BCUT2D eigenvalue weighted by Crippen LogP contribution is -1.80. The minimum atomic E-state index is 1.15. The van der Waals surface area contributed by atoms with Gasteiger partial charge in [0.15, 0.2) is 0 Å². The first-order chi connectivity index (χ1) is 8.67. The van der Waals surface area contributed by atoms with Gasteiger partial charge in [-0.1, -0.05) is 72.3 Å². The van der Waals surface area contributed by atoms with Crippen molar-refractivity contribution in [2.75, 3.05) is 0 Å². The van der Waals surface area contributed by atoms with Gasteiger partial charge in [0.1, 0.15) is 0 Å². The molecule has 0 bridgehead atoms. The van der Waals surface area contributed by atoms with E-state index in [0.29, 0.717) is 0 Å². The van der Waals surface area contributed by atoms with Crippen LogP contribution < -0.4 is 0 Å². The van der Waals surface area contributed by atoms with E-state index in [0.717, 1.165) is 5.56 Å². The molecule has 0 aliphatic rings. The molecule has 0 radical (unpaired) electrons. The molecule has 0 saturated heterocycles. The van der Waals surface area contributed by atoms with Crippen LogP contribution in [0.5, 0.6) is 0 Å². The van der Waals surface area contributed by atoms with E-state index in [9.17, 15) is 0 Å². The predicted octanol–water partition coefficient (Wildman–Crippen LogP) is 5.12. The van der Waals surface area contributed by atoms with Gasteiger partial charge in [-0.3, -0.25) is 0 Å². The molecule has 2 rings (SSSR count). The van der Waals surface area contributed by atoms with Crippen molar-refractivity contribution in [2.24, 2.45) is 0 Å². The maximum absolute atomic E-state index is 3.79. The van der Waals surface area contributed by atoms with Crippen molar-refractivity contribution in [3.8, 4) is 0 Å². The SMILES string of the molecule is C=Cc1cccc(/C=C/c2cc(C)cc(C)c2)c1. The number of aryl methyl sites for hydroxylation is 2. The van der Waals surface area contributed by atoms with Gasteiger partial charge in [-0.05, 0) is 36.6 Å². The Labute approximate surface area is 109 Å². The average Bonchev–Trinajstić information content (AvgIpc) is 2.35. The fourth-order valence-electron chi connectivity index (χ4n) is 2.09. The van der Waals surface area contributed by atoms with Gasteiger partial charge in [-0.25, -0.2) is 0 Å². The zero-order valence-electron chi connectivity index (χ0n) is 11.0. The first-order valence-electron chi connectivity index (χ1n) is 6.16. The van der Waals surface area contributed by atoms with Crippen molar-refractivity contribution >= 4 is 18.2 Å². The molecule has 0 N–H and O–H groups in total. The number of hydrogen-bond acceptors (Lipinski definition) is 0. The highest BCUT2D eigenvalue weighted by molar-refractivity contribution is 5.71. The number of hydrogen-bond donors (Lipinski definition) is 0. The summed E-state index contributed by atoms with van der Waals surface area (Å²) in [6.07, 6.45) is 6.16. The van der Waals surface area contributed by atoms with Crippen LogP contribution in [0.15, 0.2) is 49.0 Å². The van der Waals surface area contributed by atoms with Crippen LogP contribution in [0.25, 0.3) is 18.2 Å². The first-order valence-corrected chi connectivity index (χ1v) is 6.16. The highest BCUT2D eigenvalue weighted by Gasteiger charge is 1.93. The molecule has 0 aliphatic heterocycles. The monoisotopic (exact) mass is 234 g/mol. The summed E-state index contributed by atoms with van der Waals surface area (Å²) in [7, 11) is 0. The Morgan fingerprint density at radius 2 is 1.39 bits per heavy atom. The van der Waals surface area contributed by atoms with Crippen LogP contribution in [0.2, 0.25) is 0 Å². The van der Waals surface area contributed by atoms with E-state index in [4.69, 9.17) is 0 Å². The Hall–Kier alpha value is -2.08. The topological polar surface area (TPSA) is 0 Å². The minimum Gasteiger partial charge on any atom is -0.0985 e. The Morgan fingerprint density at radius 3 is 2.06 bits per heavy atom. The largest absolute Gasteiger partial charge is 0.0985 e. The quantitative estimate of drug-likeness (QED) is 0.647. The minimum absolute atomic E-state index is 1.15. The molecule has 18 heavy (non-hydrogen) atoms. The Morgan fingerprint density at radius 1 is 0.778 bits per heavy atom. The summed E-state index contributed by atoms with van der Waals surface area (Å²) in [5, 5.41) is 0. The zero-order valence-corrected chi connectivity index (χ0v) is 11.0. The lowest BCUT2D eigenvalue weighted by atomic mass is 10.1. The highest BCUT2D eigenvalue weighted by atomic mass is 14.0. The third-order valence-electron chi connectivity index (χ3n) is 2.86. The normalized spacial score (nSPS) is 10.8. The van der Waals surface area contributed by atoms with E-state index in [1.165, 1.54) is 22.3 Å². The second-order valence-corrected chi connectivity index (χ2v) is 4.63. The van der Waals surface area contributed by atoms with Crippen LogP contribution in [0, 0.1) is 13.8 Å². The van der Waals surface area contributed by atoms with Gasteiger partial charge in [0, 0.05) is 0 Å². The standard InChI is InChI=1S/C18H18/c1-4-16-6-5-7-17(13-16)8-9-18-11-14(2)10-15(3)12-18/h4-13H,1H2,2-3H3/b9-8+. The molecule has 0 fully saturated rings. The molecule has 2 aromatic rings. The molecule has 0 heterocycles. The summed E-state index contributed by atoms with van der Waals surface area (Å²) in [6.45, 7) is 8.04. The fourth-order valence-corrected chi connectivity index (χ4v) is 2.09. The highest BCUT2D eigenvalue weighted by Crippen LogP contribution is 2.14. The van der Waals surface area contributed by atoms with Crippen LogP contribution >= 0.6 is 0 Å². The molecule has 0 atom stereocenters. The third kappa shape index (κ3) is 3.21. The third-order valence-corrected chi connectivity index (χ3v) is 2.86. The van der Waals surface area contributed by atoms with Gasteiger partial charge < -0.3 is 0 Å². The van der Waals surface area contributed by atoms with E-state index in [1.54, 1.807) is 0 Å². The van der Waals surface area contributed by atoms with Crippen molar-refractivity contribution < 1.29 is 0 Å². The van der Waals surface area contributed by atoms with Crippen LogP contribution in [0.4, 0.5) is 0 Å². The lowest BCUT2D eigenvalue weighted by Gasteiger charge is -2.00. The van der Waals surface area contributed by atoms with Gasteiger partial charge in [0.05, 0.1) is 0 Å². The van der Waals surface area contributed by atoms with E-state index in [1.807, 2.05) is 6.08 Å². The second-order valence-electron chi connectivity index (χ2n) is 4.63. The zero-order chi connectivity index (χ0) is 13.0. The van der Waals surface area contributed by atoms with E-state index in [2.05, 4.69) is 75.0 Å². The Bertz CT molecular complexity index is 568. The molecule has 0 heteroatoms. The van der Waals surface area contributed by atoms with Crippen molar-refractivity contribution in [1.29, 1.82) is 0 Å². The van der Waals surface area contributed by atoms with E-state index < -0.39 is 0 Å². The molecule has 0 nitrogen and oxygen atoms in total. The summed E-state index contributed by atoms with van der Waals surface area (Å²) >= 11 is 0. The van der Waals surface area contributed by atoms with E-state index in [-0.39, 0.29) is 0 Å². The summed E-state index contributed by atoms with van der Waals surface area (Å²) in [5.41, 5.74) is 6.20. The number of rotatable bonds is 3. The molecule has 0 saturated carbocycles. The fraction of sp³-hybridized carbons (Fsp3) is 0.111. The molecular weight excluding hydrogens is 216 g/mol. The molecule has 0 unspecified atom stereocenters. The molecule has 90 valence electrons. The molecule has 0 aliphatic carbocycles. The summed E-state index contributed by atoms with van der Waals surface area (Å²) in [6, 6.07) is 14.9. The molecule has 0 spiro atoms. The van der Waals surface area contributed by atoms with Crippen LogP contribution in [0.3, 0.4) is 0 Å². The Balaban J connectivity index is 2.26. The van der Waals surface area contributed by atoms with Gasteiger partial charge in [0.2, 0.25) is 0 Å². The first kappa shape index (κ1) is 12.4. The van der Waals surface area contributed by atoms with Gasteiger partial charge >= 0.3 is 0 Å². The van der Waals surface area contributed by atoms with Crippen LogP contribution in [-0.4, -0.2) is 0 Å². The van der Waals surface area contributed by atoms with Gasteiger partial charge in [-0.15, -0.1) is 0 Å². The van der Waals surface area contributed by atoms with Crippen LogP contribution in [0.1, 0.15) is 27.8 Å².